The Hall–Kier alpha value is -2.12. The third-order valence-electron chi connectivity index (χ3n) is 6.73. The van der Waals surface area contributed by atoms with E-state index in [1.807, 2.05) is 24.3 Å². The van der Waals surface area contributed by atoms with Crippen molar-refractivity contribution >= 4 is 33.0 Å². The van der Waals surface area contributed by atoms with Crippen molar-refractivity contribution in [1.29, 1.82) is 0 Å². The maximum Gasteiger partial charge on any atom is 0.280 e. The van der Waals surface area contributed by atoms with Crippen molar-refractivity contribution in [3.8, 4) is 5.75 Å². The zero-order chi connectivity index (χ0) is 25.3. The molecule has 3 aliphatic rings. The second-order valence-corrected chi connectivity index (χ2v) is 12.8. The highest BCUT2D eigenvalue weighted by Gasteiger charge is 2.35. The first kappa shape index (κ1) is 25.5. The molecule has 2 heterocycles. The van der Waals surface area contributed by atoms with E-state index in [0.29, 0.717) is 46.8 Å². The van der Waals surface area contributed by atoms with Gasteiger partial charge >= 0.3 is 0 Å². The minimum atomic E-state index is -1.48. The van der Waals surface area contributed by atoms with E-state index in [1.165, 1.54) is 31.7 Å². The summed E-state index contributed by atoms with van der Waals surface area (Å²) in [5.74, 6) is 0.888. The van der Waals surface area contributed by atoms with Crippen LogP contribution in [0.5, 0.6) is 5.75 Å². The highest BCUT2D eigenvalue weighted by molar-refractivity contribution is 7.98. The van der Waals surface area contributed by atoms with Crippen LogP contribution in [0.1, 0.15) is 77.6 Å². The minimum Gasteiger partial charge on any atom is -0.490 e. The molecule has 2 fully saturated rings. The monoisotopic (exact) mass is 532 g/mol. The third kappa shape index (κ3) is 6.80. The molecule has 1 aromatic heterocycles. The second-order valence-electron chi connectivity index (χ2n) is 10.5. The van der Waals surface area contributed by atoms with Crippen molar-refractivity contribution in [1.82, 2.24) is 19.8 Å². The number of carbonyl (C=O) groups is 2. The van der Waals surface area contributed by atoms with E-state index >= 15 is 0 Å². The van der Waals surface area contributed by atoms with Gasteiger partial charge in [0.1, 0.15) is 18.1 Å². The second kappa shape index (κ2) is 10.7. The molecule has 1 aliphatic heterocycles. The summed E-state index contributed by atoms with van der Waals surface area (Å²) in [5, 5.41) is 6.87. The smallest absolute Gasteiger partial charge is 0.280 e. The van der Waals surface area contributed by atoms with E-state index < -0.39 is 5.41 Å². The van der Waals surface area contributed by atoms with Crippen LogP contribution in [0.3, 0.4) is 0 Å². The molecule has 7 nitrogen and oxygen atoms in total. The number of amides is 2. The summed E-state index contributed by atoms with van der Waals surface area (Å²) in [6.07, 6.45) is 7.75. The lowest BCUT2D eigenvalue weighted by molar-refractivity contribution is 0.0904. The maximum absolute atomic E-state index is 13.7. The molecule has 194 valence electrons. The Morgan fingerprint density at radius 1 is 1.33 bits per heavy atom. The van der Waals surface area contributed by atoms with Gasteiger partial charge in [0.15, 0.2) is 5.41 Å². The standard InChI is InChI=1S/C26H34FN4O3PS/c1-26(27,35)15-34-19-4-2-3-17(13-19)7-8-18-14-21-22(24(32)28-18)23(25(33)30-36-20-9-10-20)31(29-21)12-11-16-5-6-16/h2-4,13,16,18,20H,5-12,14-15,35H2,1H3,(H,28,32)(H,30,33). The van der Waals surface area contributed by atoms with Gasteiger partial charge in [0.05, 0.1) is 11.3 Å². The molecule has 2 N–H and O–H groups in total. The maximum atomic E-state index is 13.7. The Balaban J connectivity index is 1.25. The van der Waals surface area contributed by atoms with Crippen molar-refractivity contribution < 1.29 is 18.7 Å². The van der Waals surface area contributed by atoms with Gasteiger partial charge < -0.3 is 10.1 Å². The fourth-order valence-electron chi connectivity index (χ4n) is 4.44. The quantitative estimate of drug-likeness (QED) is 0.312. The van der Waals surface area contributed by atoms with E-state index in [9.17, 15) is 14.0 Å². The number of benzene rings is 1. The molecule has 2 saturated carbocycles. The Morgan fingerprint density at radius 3 is 2.86 bits per heavy atom. The number of nitrogens with one attached hydrogen (secondary N) is 2. The predicted octanol–water partition coefficient (Wildman–Crippen LogP) is 4.45. The average Bonchev–Trinajstić information content (AvgIpc) is 3.76. The molecular formula is C26H34FN4O3PS. The van der Waals surface area contributed by atoms with Gasteiger partial charge in [0.25, 0.3) is 11.8 Å². The van der Waals surface area contributed by atoms with Crippen molar-refractivity contribution in [3.05, 3.63) is 46.8 Å². The van der Waals surface area contributed by atoms with Crippen LogP contribution in [0.25, 0.3) is 0 Å². The molecule has 3 atom stereocenters. The number of rotatable bonds is 12. The Labute approximate surface area is 218 Å². The number of carbonyl (C=O) groups excluding carboxylic acids is 2. The van der Waals surface area contributed by atoms with Crippen molar-refractivity contribution in [2.75, 3.05) is 6.61 Å². The highest BCUT2D eigenvalue weighted by Crippen LogP contribution is 2.34. The summed E-state index contributed by atoms with van der Waals surface area (Å²) >= 11 is 1.45. The van der Waals surface area contributed by atoms with Gasteiger partial charge in [-0.1, -0.05) is 34.2 Å². The number of fused-ring (bicyclic) bond motifs is 1. The molecule has 3 unspecified atom stereocenters. The molecule has 2 aromatic rings. The normalized spacial score (nSPS) is 20.9. The Kier molecular flexibility index (Phi) is 7.59. The predicted molar refractivity (Wildman–Crippen MR) is 142 cm³/mol. The van der Waals surface area contributed by atoms with Gasteiger partial charge in [-0.3, -0.25) is 19.0 Å². The van der Waals surface area contributed by atoms with Gasteiger partial charge in [0.2, 0.25) is 0 Å². The molecule has 36 heavy (non-hydrogen) atoms. The number of ether oxygens (including phenoxy) is 1. The lowest BCUT2D eigenvalue weighted by atomic mass is 9.95. The summed E-state index contributed by atoms with van der Waals surface area (Å²) in [5.41, 5.74) is 2.59. The van der Waals surface area contributed by atoms with Crippen LogP contribution < -0.4 is 14.8 Å². The lowest BCUT2D eigenvalue weighted by Crippen LogP contribution is -2.42. The molecule has 0 spiro atoms. The number of hydrogen-bond donors (Lipinski definition) is 2. The number of alkyl halides is 1. The topological polar surface area (TPSA) is 85.2 Å². The molecule has 2 aliphatic carbocycles. The van der Waals surface area contributed by atoms with Gasteiger partial charge in [-0.15, -0.1) is 0 Å². The zero-order valence-corrected chi connectivity index (χ0v) is 22.6. The van der Waals surface area contributed by atoms with Crippen molar-refractivity contribution in [2.45, 2.75) is 81.5 Å². The molecule has 1 aromatic carbocycles. The lowest BCUT2D eigenvalue weighted by Gasteiger charge is -2.23. The first-order valence-electron chi connectivity index (χ1n) is 12.8. The largest absolute Gasteiger partial charge is 0.490 e. The van der Waals surface area contributed by atoms with Crippen LogP contribution in [0.15, 0.2) is 24.3 Å². The van der Waals surface area contributed by atoms with Crippen LogP contribution in [0.4, 0.5) is 4.39 Å². The number of hydrogen-bond acceptors (Lipinski definition) is 5. The van der Waals surface area contributed by atoms with E-state index in [0.717, 1.165) is 37.7 Å². The fourth-order valence-corrected chi connectivity index (χ4v) is 5.27. The van der Waals surface area contributed by atoms with Crippen molar-refractivity contribution in [3.63, 3.8) is 0 Å². The van der Waals surface area contributed by atoms with E-state index in [4.69, 9.17) is 9.84 Å². The number of nitrogens with zero attached hydrogens (tertiary/aromatic N) is 2. The molecule has 10 heteroatoms. The minimum absolute atomic E-state index is 0.0406. The van der Waals surface area contributed by atoms with E-state index in [1.54, 1.807) is 4.68 Å². The van der Waals surface area contributed by atoms with Crippen LogP contribution in [0, 0.1) is 5.92 Å². The summed E-state index contributed by atoms with van der Waals surface area (Å²) in [7, 11) is 2.14. The Morgan fingerprint density at radius 2 is 2.14 bits per heavy atom. The first-order valence-corrected chi connectivity index (χ1v) is 14.3. The highest BCUT2D eigenvalue weighted by atomic mass is 32.2. The zero-order valence-electron chi connectivity index (χ0n) is 20.6. The SMILES string of the molecule is CC(F)(P)COc1cccc(CCC2Cc3nn(CCC4CC4)c(C(=O)NSC4CC4)c3C(=O)N2)c1. The average molecular weight is 533 g/mol. The fraction of sp³-hybridized carbons (Fsp3) is 0.577. The van der Waals surface area contributed by atoms with Crippen LogP contribution in [-0.4, -0.2) is 44.9 Å². The Bertz CT molecular complexity index is 1130. The van der Waals surface area contributed by atoms with Crippen LogP contribution >= 0.6 is 21.2 Å². The molecule has 0 bridgehead atoms. The molecular weight excluding hydrogens is 498 g/mol. The molecule has 2 amide bonds. The van der Waals surface area contributed by atoms with E-state index in [-0.39, 0.29) is 24.5 Å². The molecule has 5 rings (SSSR count). The molecule has 0 radical (unpaired) electrons. The van der Waals surface area contributed by atoms with Crippen molar-refractivity contribution in [2.24, 2.45) is 5.92 Å². The number of aromatic nitrogens is 2. The van der Waals surface area contributed by atoms with Gasteiger partial charge in [-0.05, 0) is 74.6 Å². The van der Waals surface area contributed by atoms with Crippen LogP contribution in [-0.2, 0) is 19.4 Å². The summed E-state index contributed by atoms with van der Waals surface area (Å²) in [4.78, 5) is 26.2. The van der Waals surface area contributed by atoms with Crippen LogP contribution in [0.2, 0.25) is 0 Å². The summed E-state index contributed by atoms with van der Waals surface area (Å²) < 4.78 is 24.0. The van der Waals surface area contributed by atoms with E-state index in [2.05, 4.69) is 19.3 Å². The number of aryl methyl sites for hydroxylation is 2. The van der Waals surface area contributed by atoms with Gasteiger partial charge in [0, 0.05) is 24.3 Å². The summed E-state index contributed by atoms with van der Waals surface area (Å²) in [6.45, 7) is 2.07. The van der Waals surface area contributed by atoms with Gasteiger partial charge in [-0.2, -0.15) is 5.10 Å². The number of halogens is 1. The molecule has 0 saturated heterocycles. The summed E-state index contributed by atoms with van der Waals surface area (Å²) in [6, 6.07) is 7.56. The van der Waals surface area contributed by atoms with Gasteiger partial charge in [-0.25, -0.2) is 4.39 Å². The third-order valence-corrected chi connectivity index (χ3v) is 8.01. The first-order chi connectivity index (χ1) is 17.2.